The van der Waals surface area contributed by atoms with Crippen LogP contribution in [0.2, 0.25) is 0 Å². The normalized spacial score (nSPS) is 18.2. The first kappa shape index (κ1) is 21.9. The predicted molar refractivity (Wildman–Crippen MR) is 128 cm³/mol. The SMILES string of the molecule is COc1ccc(C2CCCN2C(=O)Cn2cnc3sc4c(c3c2=O)CCCCC4)cc1OC. The lowest BCUT2D eigenvalue weighted by molar-refractivity contribution is -0.132. The van der Waals surface area contributed by atoms with Crippen molar-refractivity contribution in [2.24, 2.45) is 0 Å². The van der Waals surface area contributed by atoms with Crippen LogP contribution in [0.4, 0.5) is 0 Å². The molecule has 1 atom stereocenters. The molecular weight excluding hydrogens is 438 g/mol. The van der Waals surface area contributed by atoms with E-state index in [2.05, 4.69) is 4.98 Å². The maximum Gasteiger partial charge on any atom is 0.262 e. The fraction of sp³-hybridized carbons (Fsp3) is 0.480. The number of benzene rings is 1. The van der Waals surface area contributed by atoms with Crippen LogP contribution in [0.5, 0.6) is 11.5 Å². The van der Waals surface area contributed by atoms with Crippen molar-refractivity contribution in [3.63, 3.8) is 0 Å². The second kappa shape index (κ2) is 9.17. The highest BCUT2D eigenvalue weighted by atomic mass is 32.1. The average Bonchev–Trinajstić information content (AvgIpc) is 3.39. The summed E-state index contributed by atoms with van der Waals surface area (Å²) in [5.74, 6) is 1.26. The van der Waals surface area contributed by atoms with E-state index in [1.54, 1.807) is 31.9 Å². The second-order valence-corrected chi connectivity index (χ2v) is 9.87. The molecule has 3 heterocycles. The minimum absolute atomic E-state index is 0.0101. The Hall–Kier alpha value is -2.87. The van der Waals surface area contributed by atoms with E-state index in [1.807, 2.05) is 23.1 Å². The largest absolute Gasteiger partial charge is 0.493 e. The highest BCUT2D eigenvalue weighted by Gasteiger charge is 2.31. The van der Waals surface area contributed by atoms with Crippen LogP contribution in [-0.2, 0) is 24.2 Å². The summed E-state index contributed by atoms with van der Waals surface area (Å²) in [4.78, 5) is 35.2. The van der Waals surface area contributed by atoms with E-state index in [9.17, 15) is 9.59 Å². The summed E-state index contributed by atoms with van der Waals surface area (Å²) >= 11 is 1.64. The molecule has 1 aliphatic carbocycles. The van der Waals surface area contributed by atoms with E-state index in [1.165, 1.54) is 22.3 Å². The lowest BCUT2D eigenvalue weighted by Crippen LogP contribution is -2.36. The van der Waals surface area contributed by atoms with Gasteiger partial charge in [-0.15, -0.1) is 11.3 Å². The Bertz CT molecular complexity index is 1250. The predicted octanol–water partition coefficient (Wildman–Crippen LogP) is 4.11. The summed E-state index contributed by atoms with van der Waals surface area (Å²) in [6.45, 7) is 0.687. The number of rotatable bonds is 5. The molecule has 0 spiro atoms. The van der Waals surface area contributed by atoms with Gasteiger partial charge >= 0.3 is 0 Å². The minimum atomic E-state index is -0.0883. The molecule has 1 unspecified atom stereocenters. The number of aromatic nitrogens is 2. The van der Waals surface area contributed by atoms with Crippen molar-refractivity contribution < 1.29 is 14.3 Å². The van der Waals surface area contributed by atoms with E-state index < -0.39 is 0 Å². The average molecular weight is 468 g/mol. The highest BCUT2D eigenvalue weighted by Crippen LogP contribution is 2.37. The number of hydrogen-bond donors (Lipinski definition) is 0. The van der Waals surface area contributed by atoms with E-state index in [-0.39, 0.29) is 24.1 Å². The Labute approximate surface area is 197 Å². The Morgan fingerprint density at radius 2 is 1.94 bits per heavy atom. The zero-order chi connectivity index (χ0) is 22.9. The van der Waals surface area contributed by atoms with E-state index >= 15 is 0 Å². The summed E-state index contributed by atoms with van der Waals surface area (Å²) in [5.41, 5.74) is 2.09. The molecule has 33 heavy (non-hydrogen) atoms. The van der Waals surface area contributed by atoms with Gasteiger partial charge in [0.05, 0.1) is 32.0 Å². The third-order valence-corrected chi connectivity index (χ3v) is 8.06. The Balaban J connectivity index is 1.41. The van der Waals surface area contributed by atoms with Crippen molar-refractivity contribution in [3.8, 4) is 11.5 Å². The van der Waals surface area contributed by atoms with E-state index in [0.717, 1.165) is 53.4 Å². The first-order chi connectivity index (χ1) is 16.1. The van der Waals surface area contributed by atoms with Gasteiger partial charge in [-0.25, -0.2) is 4.98 Å². The molecular formula is C25H29N3O4S. The van der Waals surface area contributed by atoms with Crippen LogP contribution in [0.25, 0.3) is 10.2 Å². The summed E-state index contributed by atoms with van der Waals surface area (Å²) in [5, 5.41) is 0.727. The van der Waals surface area contributed by atoms with Gasteiger partial charge in [0.15, 0.2) is 11.5 Å². The monoisotopic (exact) mass is 467 g/mol. The molecule has 7 nitrogen and oxygen atoms in total. The van der Waals surface area contributed by atoms with Crippen LogP contribution >= 0.6 is 11.3 Å². The number of nitrogens with zero attached hydrogens (tertiary/aromatic N) is 3. The minimum Gasteiger partial charge on any atom is -0.493 e. The molecule has 0 bridgehead atoms. The summed E-state index contributed by atoms with van der Waals surface area (Å²) in [7, 11) is 3.22. The number of carbonyl (C=O) groups is 1. The standard InChI is InChI=1S/C25H29N3O4S/c1-31-19-11-10-16(13-20(19)32-2)18-8-6-12-28(18)22(29)14-27-15-26-24-23(25(27)30)17-7-4-3-5-9-21(17)33-24/h10-11,13,15,18H,3-9,12,14H2,1-2H3. The Kier molecular flexibility index (Phi) is 6.10. The van der Waals surface area contributed by atoms with Crippen LogP contribution in [0.1, 0.15) is 54.1 Å². The van der Waals surface area contributed by atoms with Gasteiger partial charge in [0, 0.05) is 11.4 Å². The molecule has 1 aliphatic heterocycles. The third kappa shape index (κ3) is 4.01. The fourth-order valence-corrected chi connectivity index (χ4v) is 6.40. The van der Waals surface area contributed by atoms with Gasteiger partial charge in [-0.1, -0.05) is 12.5 Å². The summed E-state index contributed by atoms with van der Waals surface area (Å²) in [6.07, 6.45) is 8.77. The van der Waals surface area contributed by atoms with Crippen LogP contribution in [-0.4, -0.2) is 41.1 Å². The number of likely N-dealkylation sites (tertiary alicyclic amines) is 1. The van der Waals surface area contributed by atoms with Gasteiger partial charge < -0.3 is 14.4 Å². The van der Waals surface area contributed by atoms with Gasteiger partial charge in [-0.3, -0.25) is 14.2 Å². The molecule has 174 valence electrons. The van der Waals surface area contributed by atoms with Gasteiger partial charge in [0.25, 0.3) is 5.56 Å². The zero-order valence-corrected chi connectivity index (χ0v) is 20.0. The summed E-state index contributed by atoms with van der Waals surface area (Å²) < 4.78 is 12.3. The van der Waals surface area contributed by atoms with E-state index in [4.69, 9.17) is 9.47 Å². The second-order valence-electron chi connectivity index (χ2n) is 8.78. The molecule has 5 rings (SSSR count). The topological polar surface area (TPSA) is 73.7 Å². The van der Waals surface area contributed by atoms with Crippen LogP contribution < -0.4 is 15.0 Å². The van der Waals surface area contributed by atoms with Gasteiger partial charge in [-0.05, 0) is 61.8 Å². The maximum atomic E-state index is 13.4. The maximum absolute atomic E-state index is 13.4. The zero-order valence-electron chi connectivity index (χ0n) is 19.1. The smallest absolute Gasteiger partial charge is 0.262 e. The van der Waals surface area contributed by atoms with Crippen molar-refractivity contribution in [2.45, 2.75) is 57.5 Å². The molecule has 1 fully saturated rings. The fourth-order valence-electron chi connectivity index (χ4n) is 5.18. The summed E-state index contributed by atoms with van der Waals surface area (Å²) in [6, 6.07) is 5.76. The van der Waals surface area contributed by atoms with Crippen molar-refractivity contribution in [1.82, 2.24) is 14.5 Å². The van der Waals surface area contributed by atoms with Crippen LogP contribution in [0, 0.1) is 0 Å². The molecule has 1 amide bonds. The van der Waals surface area contributed by atoms with Gasteiger partial charge in [0.2, 0.25) is 5.91 Å². The number of amides is 1. The van der Waals surface area contributed by atoms with Crippen molar-refractivity contribution in [3.05, 3.63) is 50.9 Å². The Morgan fingerprint density at radius 3 is 2.76 bits per heavy atom. The first-order valence-corrected chi connectivity index (χ1v) is 12.4. The highest BCUT2D eigenvalue weighted by molar-refractivity contribution is 7.18. The van der Waals surface area contributed by atoms with Crippen LogP contribution in [0.3, 0.4) is 0 Å². The quantitative estimate of drug-likeness (QED) is 0.528. The number of ether oxygens (including phenoxy) is 2. The Morgan fingerprint density at radius 1 is 1.12 bits per heavy atom. The third-order valence-electron chi connectivity index (χ3n) is 6.86. The molecule has 1 aromatic carbocycles. The van der Waals surface area contributed by atoms with Crippen molar-refractivity contribution in [1.29, 1.82) is 0 Å². The molecule has 2 aliphatic rings. The molecule has 2 aromatic heterocycles. The van der Waals surface area contributed by atoms with Crippen molar-refractivity contribution >= 4 is 27.5 Å². The molecule has 8 heteroatoms. The van der Waals surface area contributed by atoms with Gasteiger partial charge in [-0.2, -0.15) is 0 Å². The number of aryl methyl sites for hydroxylation is 2. The molecule has 1 saturated heterocycles. The van der Waals surface area contributed by atoms with Gasteiger partial charge in [0.1, 0.15) is 11.4 Å². The lowest BCUT2D eigenvalue weighted by Gasteiger charge is -2.26. The molecule has 0 radical (unpaired) electrons. The number of hydrogen-bond acceptors (Lipinski definition) is 6. The number of methoxy groups -OCH3 is 2. The van der Waals surface area contributed by atoms with Crippen LogP contribution in [0.15, 0.2) is 29.3 Å². The van der Waals surface area contributed by atoms with E-state index in [0.29, 0.717) is 18.0 Å². The molecule has 0 saturated carbocycles. The lowest BCUT2D eigenvalue weighted by atomic mass is 10.0. The number of fused-ring (bicyclic) bond motifs is 3. The van der Waals surface area contributed by atoms with Crippen molar-refractivity contribution in [2.75, 3.05) is 20.8 Å². The number of carbonyl (C=O) groups excluding carboxylic acids is 1. The molecule has 3 aromatic rings. The number of thiophene rings is 1. The first-order valence-electron chi connectivity index (χ1n) is 11.6. The molecule has 0 N–H and O–H groups in total.